The van der Waals surface area contributed by atoms with E-state index in [2.05, 4.69) is 10.3 Å². The van der Waals surface area contributed by atoms with Crippen LogP contribution in [0.4, 0.5) is 37.8 Å². The number of rotatable bonds is 14. The number of nitro groups is 1. The molecule has 16 heteroatoms. The minimum Gasteiger partial charge on any atom is -0.479 e. The molecule has 0 bridgehead atoms. The van der Waals surface area contributed by atoms with Gasteiger partial charge in [0.2, 0.25) is 5.69 Å². The Bertz CT molecular complexity index is 1250. The fourth-order valence-electron chi connectivity index (χ4n) is 3.98. The lowest BCUT2D eigenvalue weighted by molar-refractivity contribution is -0.385. The number of carbonyl (C=O) groups is 2. The van der Waals surface area contributed by atoms with E-state index in [0.717, 1.165) is 0 Å². The first-order valence-electron chi connectivity index (χ1n) is 12.0. The molecule has 41 heavy (non-hydrogen) atoms. The second kappa shape index (κ2) is 12.7. The molecule has 0 radical (unpaired) electrons. The first kappa shape index (κ1) is 33.3. The molecular weight excluding hydrogens is 568 g/mol. The number of aliphatic carboxylic acids is 1. The number of alkyl halides is 6. The van der Waals surface area contributed by atoms with Crippen LogP contribution in [0.1, 0.15) is 61.1 Å². The highest BCUT2D eigenvalue weighted by Gasteiger charge is 2.62. The maximum atomic E-state index is 13.9. The highest BCUT2D eigenvalue weighted by atomic mass is 19.4. The number of hydrogen-bond donors (Lipinski definition) is 3. The molecule has 1 aromatic carbocycles. The van der Waals surface area contributed by atoms with E-state index in [-0.39, 0.29) is 31.9 Å². The fraction of sp³-hybridized carbons (Fsp3) is 0.480. The van der Waals surface area contributed by atoms with Gasteiger partial charge in [-0.1, -0.05) is 44.2 Å². The molecule has 3 N–H and O–H groups in total. The van der Waals surface area contributed by atoms with Gasteiger partial charge in [-0.2, -0.15) is 26.3 Å². The summed E-state index contributed by atoms with van der Waals surface area (Å²) in [5, 5.41) is 32.0. The van der Waals surface area contributed by atoms with Crippen molar-refractivity contribution in [2.24, 2.45) is 5.41 Å². The largest absolute Gasteiger partial charge is 0.479 e. The van der Waals surface area contributed by atoms with E-state index in [1.807, 2.05) is 0 Å². The molecule has 1 heterocycles. The third-order valence-electron chi connectivity index (χ3n) is 6.32. The van der Waals surface area contributed by atoms with Crippen molar-refractivity contribution in [1.29, 1.82) is 0 Å². The molecule has 10 nitrogen and oxygen atoms in total. The Balaban J connectivity index is 2.14. The minimum absolute atomic E-state index is 0.00861. The van der Waals surface area contributed by atoms with Gasteiger partial charge >= 0.3 is 30.0 Å². The monoisotopic (exact) mass is 595 g/mol. The lowest BCUT2D eigenvalue weighted by atomic mass is 9.82. The van der Waals surface area contributed by atoms with Crippen LogP contribution in [-0.2, 0) is 22.3 Å². The number of anilines is 1. The minimum atomic E-state index is -5.25. The predicted molar refractivity (Wildman–Crippen MR) is 131 cm³/mol. The Morgan fingerprint density at radius 2 is 1.63 bits per heavy atom. The van der Waals surface area contributed by atoms with E-state index in [0.29, 0.717) is 5.56 Å². The first-order valence-corrected chi connectivity index (χ1v) is 12.0. The van der Waals surface area contributed by atoms with Crippen molar-refractivity contribution in [1.82, 2.24) is 4.98 Å². The van der Waals surface area contributed by atoms with E-state index in [4.69, 9.17) is 9.84 Å². The topological polar surface area (TPSA) is 152 Å². The van der Waals surface area contributed by atoms with Gasteiger partial charge in [-0.25, -0.2) is 14.6 Å². The Morgan fingerprint density at radius 1 is 1.02 bits per heavy atom. The highest BCUT2D eigenvalue weighted by molar-refractivity contribution is 5.91. The number of carboxylic acid groups (broad SMARTS) is 2. The maximum absolute atomic E-state index is 13.9. The van der Waals surface area contributed by atoms with Crippen LogP contribution in [0.3, 0.4) is 0 Å². The van der Waals surface area contributed by atoms with E-state index in [1.54, 1.807) is 32.0 Å². The smallest absolute Gasteiger partial charge is 0.428 e. The van der Waals surface area contributed by atoms with Crippen LogP contribution in [-0.4, -0.2) is 50.4 Å². The third-order valence-corrected chi connectivity index (χ3v) is 6.32. The zero-order valence-electron chi connectivity index (χ0n) is 21.8. The Kier molecular flexibility index (Phi) is 10.3. The van der Waals surface area contributed by atoms with Gasteiger partial charge in [0.25, 0.3) is 5.60 Å². The molecule has 2 rings (SSSR count). The van der Waals surface area contributed by atoms with Gasteiger partial charge in [-0.3, -0.25) is 10.1 Å². The summed E-state index contributed by atoms with van der Waals surface area (Å²) in [4.78, 5) is 36.1. The SMILES string of the molecule is CC(C)(CCCC(OCc1ccccc1)(C(=O)O)C(F)(F)F)CCNc1nc(C(=O)O)c([N+](=O)[O-])cc1C(F)(F)F. The number of aromatic carboxylic acids is 1. The van der Waals surface area contributed by atoms with Gasteiger partial charge < -0.3 is 20.3 Å². The van der Waals surface area contributed by atoms with Crippen LogP contribution in [0.2, 0.25) is 0 Å². The number of nitrogens with one attached hydrogen (secondary N) is 1. The van der Waals surface area contributed by atoms with Gasteiger partial charge in [0, 0.05) is 12.6 Å². The lowest BCUT2D eigenvalue weighted by Crippen LogP contribution is -2.54. The number of ether oxygens (including phenoxy) is 1. The molecule has 1 atom stereocenters. The van der Waals surface area contributed by atoms with E-state index in [1.165, 1.54) is 12.1 Å². The number of pyridine rings is 1. The average Bonchev–Trinajstić information content (AvgIpc) is 2.84. The molecule has 2 aromatic rings. The summed E-state index contributed by atoms with van der Waals surface area (Å²) < 4.78 is 87.3. The van der Waals surface area contributed by atoms with E-state index in [9.17, 15) is 51.2 Å². The second-order valence-electron chi connectivity index (χ2n) is 9.91. The average molecular weight is 595 g/mol. The van der Waals surface area contributed by atoms with E-state index < -0.39 is 76.0 Å². The van der Waals surface area contributed by atoms with Crippen molar-refractivity contribution in [2.45, 2.75) is 64.1 Å². The molecule has 0 saturated carbocycles. The van der Waals surface area contributed by atoms with Crippen molar-refractivity contribution in [3.8, 4) is 0 Å². The summed E-state index contributed by atoms with van der Waals surface area (Å²) in [5.41, 5.74) is -8.13. The number of nitrogens with zero attached hydrogens (tertiary/aromatic N) is 2. The van der Waals surface area contributed by atoms with Gasteiger partial charge in [-0.15, -0.1) is 0 Å². The third kappa shape index (κ3) is 8.52. The molecule has 226 valence electrons. The molecule has 0 aliphatic carbocycles. The molecule has 0 aliphatic heterocycles. The van der Waals surface area contributed by atoms with Crippen molar-refractivity contribution in [3.63, 3.8) is 0 Å². The molecule has 0 fully saturated rings. The normalized spacial score (nSPS) is 13.9. The second-order valence-corrected chi connectivity index (χ2v) is 9.91. The summed E-state index contributed by atoms with van der Waals surface area (Å²) in [6.45, 7) is 2.30. The molecule has 1 unspecified atom stereocenters. The summed E-state index contributed by atoms with van der Waals surface area (Å²) >= 11 is 0. The Labute approximate surface area is 229 Å². The van der Waals surface area contributed by atoms with Crippen LogP contribution in [0.15, 0.2) is 36.4 Å². The van der Waals surface area contributed by atoms with Crippen molar-refractivity contribution in [2.75, 3.05) is 11.9 Å². The molecule has 0 amide bonds. The van der Waals surface area contributed by atoms with Crippen molar-refractivity contribution < 1.29 is 55.8 Å². The number of hydrogen-bond acceptors (Lipinski definition) is 7. The first-order chi connectivity index (χ1) is 18.8. The number of aromatic nitrogens is 1. The fourth-order valence-corrected chi connectivity index (χ4v) is 3.98. The Hall–Kier alpha value is -3.95. The molecular formula is C25H27F6N3O7. The van der Waals surface area contributed by atoms with Crippen molar-refractivity contribution in [3.05, 3.63) is 63.3 Å². The summed E-state index contributed by atoms with van der Waals surface area (Å²) in [6, 6.07) is 7.74. The summed E-state index contributed by atoms with van der Waals surface area (Å²) in [5.74, 6) is -5.10. The van der Waals surface area contributed by atoms with Gasteiger partial charge in [0.05, 0.1) is 11.5 Å². The number of carboxylic acids is 2. The quantitative estimate of drug-likeness (QED) is 0.130. The van der Waals surface area contributed by atoms with Crippen molar-refractivity contribution >= 4 is 23.4 Å². The zero-order valence-corrected chi connectivity index (χ0v) is 21.8. The molecule has 0 spiro atoms. The highest BCUT2D eigenvalue weighted by Crippen LogP contribution is 2.41. The van der Waals surface area contributed by atoms with E-state index >= 15 is 0 Å². The van der Waals surface area contributed by atoms with Gasteiger partial charge in [0.15, 0.2) is 0 Å². The van der Waals surface area contributed by atoms with Gasteiger partial charge in [-0.05, 0) is 36.7 Å². The summed E-state index contributed by atoms with van der Waals surface area (Å²) in [7, 11) is 0. The maximum Gasteiger partial charge on any atom is 0.428 e. The van der Waals surface area contributed by atoms with Crippen LogP contribution in [0.5, 0.6) is 0 Å². The van der Waals surface area contributed by atoms with Crippen LogP contribution in [0.25, 0.3) is 0 Å². The van der Waals surface area contributed by atoms with Gasteiger partial charge in [0.1, 0.15) is 11.4 Å². The lowest BCUT2D eigenvalue weighted by Gasteiger charge is -2.33. The van der Waals surface area contributed by atoms with Crippen LogP contribution in [0, 0.1) is 15.5 Å². The standard InChI is InChI=1S/C25H27F6N3O7/c1-22(2,9-6-10-23(21(37)38,25(29,30)31)41-14-15-7-4-3-5-8-15)11-12-32-19-16(24(26,27)28)13-17(34(39)40)18(33-19)20(35)36/h3-5,7-8,13H,6,9-12,14H2,1-2H3,(H,32,33)(H,35,36)(H,37,38). The van der Waals surface area contributed by atoms with Crippen LogP contribution >= 0.6 is 0 Å². The molecule has 0 saturated heterocycles. The predicted octanol–water partition coefficient (Wildman–Crippen LogP) is 6.31. The van der Waals surface area contributed by atoms with Crippen LogP contribution < -0.4 is 5.32 Å². The number of benzene rings is 1. The molecule has 1 aromatic heterocycles. The zero-order chi connectivity index (χ0) is 31.2. The summed E-state index contributed by atoms with van der Waals surface area (Å²) in [6.07, 6.45) is -11.5. The number of halogens is 6. The molecule has 0 aliphatic rings. The Morgan fingerprint density at radius 3 is 2.12 bits per heavy atom.